The molecule has 0 N–H and O–H groups in total. The molecule has 2 heterocycles. The van der Waals surface area contributed by atoms with Crippen molar-refractivity contribution < 1.29 is 14.3 Å². The van der Waals surface area contributed by atoms with Crippen LogP contribution in [0, 0.1) is 20.8 Å². The zero-order chi connectivity index (χ0) is 15.9. The van der Waals surface area contributed by atoms with Crippen LogP contribution in [0.3, 0.4) is 0 Å². The van der Waals surface area contributed by atoms with Gasteiger partial charge in [-0.15, -0.1) is 0 Å². The van der Waals surface area contributed by atoms with Gasteiger partial charge in [-0.3, -0.25) is 4.79 Å². The third-order valence-electron chi connectivity index (χ3n) is 3.88. The Hall–Kier alpha value is -2.43. The molecule has 2 aromatic rings. The Balaban J connectivity index is 1.94. The average Bonchev–Trinajstić information content (AvgIpc) is 2.43. The third kappa shape index (κ3) is 2.66. The topological polar surface area (TPSA) is 61.3 Å². The average molecular weight is 298 g/mol. The highest BCUT2D eigenvalue weighted by atomic mass is 16.5. The largest absolute Gasteiger partial charge is 0.438 e. The van der Waals surface area contributed by atoms with Gasteiger partial charge in [-0.1, -0.05) is 13.0 Å². The van der Waals surface area contributed by atoms with Crippen molar-refractivity contribution in [2.24, 2.45) is 0 Å². The summed E-state index contributed by atoms with van der Waals surface area (Å²) in [6.45, 7) is 7.69. The number of hydrogen-bond acceptors (Lipinski definition) is 5. The first kappa shape index (κ1) is 14.5. The molecule has 0 bridgehead atoms. The van der Waals surface area contributed by atoms with Gasteiger partial charge in [0, 0.05) is 17.3 Å². The molecule has 0 radical (unpaired) electrons. The minimum atomic E-state index is -0.206. The van der Waals surface area contributed by atoms with E-state index in [2.05, 4.69) is 9.97 Å². The van der Waals surface area contributed by atoms with Crippen LogP contribution in [0.15, 0.2) is 18.2 Å². The van der Waals surface area contributed by atoms with E-state index in [-0.39, 0.29) is 11.9 Å². The number of aryl methyl sites for hydroxylation is 2. The van der Waals surface area contributed by atoms with E-state index in [0.717, 1.165) is 16.8 Å². The molecule has 0 spiro atoms. The summed E-state index contributed by atoms with van der Waals surface area (Å²) in [6.07, 6.45) is 0.413. The summed E-state index contributed by atoms with van der Waals surface area (Å²) in [5, 5.41) is 0. The lowest BCUT2D eigenvalue weighted by molar-refractivity contribution is -0.135. The van der Waals surface area contributed by atoms with Gasteiger partial charge in [-0.25, -0.2) is 4.98 Å². The van der Waals surface area contributed by atoms with Crippen LogP contribution < -0.4 is 9.47 Å². The van der Waals surface area contributed by atoms with E-state index in [1.807, 2.05) is 39.8 Å². The van der Waals surface area contributed by atoms with Crippen LogP contribution in [-0.2, 0) is 4.79 Å². The number of carbonyl (C=O) groups excluding carboxylic acids is 1. The first-order chi connectivity index (χ1) is 10.4. The molecule has 1 aliphatic rings. The summed E-state index contributed by atoms with van der Waals surface area (Å²) >= 11 is 0. The molecule has 5 nitrogen and oxygen atoms in total. The number of benzene rings is 1. The summed E-state index contributed by atoms with van der Waals surface area (Å²) in [6, 6.07) is 5.56. The summed E-state index contributed by atoms with van der Waals surface area (Å²) in [5.74, 6) is 2.32. The second kappa shape index (κ2) is 5.40. The van der Waals surface area contributed by atoms with Crippen molar-refractivity contribution in [3.63, 3.8) is 0 Å². The Bertz CT molecular complexity index is 756. The van der Waals surface area contributed by atoms with E-state index in [1.54, 1.807) is 6.07 Å². The number of rotatable bonds is 2. The number of nitrogens with zero attached hydrogens (tertiary/aromatic N) is 2. The van der Waals surface area contributed by atoms with Gasteiger partial charge in [0.25, 0.3) is 0 Å². The Morgan fingerprint density at radius 2 is 2.00 bits per heavy atom. The maximum Gasteiger partial charge on any atom is 0.311 e. The molecule has 0 aliphatic carbocycles. The molecule has 1 atom stereocenters. The molecule has 1 aliphatic heterocycles. The van der Waals surface area contributed by atoms with Gasteiger partial charge in [-0.2, -0.15) is 4.98 Å². The molecule has 0 saturated heterocycles. The van der Waals surface area contributed by atoms with E-state index in [0.29, 0.717) is 29.6 Å². The zero-order valence-electron chi connectivity index (χ0n) is 13.1. The highest BCUT2D eigenvalue weighted by molar-refractivity contribution is 5.76. The molecule has 3 rings (SSSR count). The minimum absolute atomic E-state index is 0.163. The van der Waals surface area contributed by atoms with Crippen LogP contribution in [0.25, 0.3) is 0 Å². The molecule has 22 heavy (non-hydrogen) atoms. The number of carbonyl (C=O) groups is 1. The Labute approximate surface area is 129 Å². The number of fused-ring (bicyclic) bond motifs is 1. The maximum atomic E-state index is 11.6. The maximum absolute atomic E-state index is 11.6. The molecule has 0 amide bonds. The molecule has 5 heteroatoms. The van der Waals surface area contributed by atoms with Crippen LogP contribution in [0.1, 0.15) is 41.9 Å². The van der Waals surface area contributed by atoms with E-state index >= 15 is 0 Å². The Morgan fingerprint density at radius 1 is 1.23 bits per heavy atom. The van der Waals surface area contributed by atoms with Crippen LogP contribution in [0.2, 0.25) is 0 Å². The summed E-state index contributed by atoms with van der Waals surface area (Å²) in [4.78, 5) is 20.2. The SMILES string of the molecule is Cc1nc(C)c(C)c(Oc2ccc3c(c2)OC(=O)CC3C)n1. The first-order valence-electron chi connectivity index (χ1n) is 7.28. The van der Waals surface area contributed by atoms with Crippen LogP contribution in [-0.4, -0.2) is 15.9 Å². The number of aromatic nitrogens is 2. The summed E-state index contributed by atoms with van der Waals surface area (Å²) in [5.41, 5.74) is 2.81. The van der Waals surface area contributed by atoms with E-state index in [4.69, 9.17) is 9.47 Å². The predicted octanol–water partition coefficient (Wildman–Crippen LogP) is 3.61. The van der Waals surface area contributed by atoms with Gasteiger partial charge >= 0.3 is 5.97 Å². The summed E-state index contributed by atoms with van der Waals surface area (Å²) < 4.78 is 11.2. The standard InChI is InChI=1S/C17H18N2O3/c1-9-7-16(20)22-15-8-13(5-6-14(9)15)21-17-10(2)11(3)18-12(4)19-17/h5-6,8-9H,7H2,1-4H3. The minimum Gasteiger partial charge on any atom is -0.438 e. The van der Waals surface area contributed by atoms with Gasteiger partial charge in [0.15, 0.2) is 0 Å². The molecular weight excluding hydrogens is 280 g/mol. The quantitative estimate of drug-likeness (QED) is 0.626. The Kier molecular flexibility index (Phi) is 3.56. The smallest absolute Gasteiger partial charge is 0.311 e. The van der Waals surface area contributed by atoms with Crippen molar-refractivity contribution in [2.75, 3.05) is 0 Å². The fraction of sp³-hybridized carbons (Fsp3) is 0.353. The summed E-state index contributed by atoms with van der Waals surface area (Å²) in [7, 11) is 0. The molecule has 0 saturated carbocycles. The normalized spacial score (nSPS) is 16.9. The molecule has 1 aromatic heterocycles. The lowest BCUT2D eigenvalue weighted by Crippen LogP contribution is -2.18. The van der Waals surface area contributed by atoms with Crippen LogP contribution in [0.4, 0.5) is 0 Å². The predicted molar refractivity (Wildman–Crippen MR) is 81.4 cm³/mol. The van der Waals surface area contributed by atoms with E-state index < -0.39 is 0 Å². The van der Waals surface area contributed by atoms with Crippen LogP contribution >= 0.6 is 0 Å². The monoisotopic (exact) mass is 298 g/mol. The number of ether oxygens (including phenoxy) is 2. The van der Waals surface area contributed by atoms with Gasteiger partial charge in [0.1, 0.15) is 17.3 Å². The highest BCUT2D eigenvalue weighted by Gasteiger charge is 2.24. The lowest BCUT2D eigenvalue weighted by atomic mass is 9.95. The van der Waals surface area contributed by atoms with Crippen molar-refractivity contribution in [1.82, 2.24) is 9.97 Å². The van der Waals surface area contributed by atoms with Crippen molar-refractivity contribution in [2.45, 2.75) is 40.0 Å². The lowest BCUT2D eigenvalue weighted by Gasteiger charge is -2.21. The van der Waals surface area contributed by atoms with Gasteiger partial charge in [-0.05, 0) is 38.3 Å². The number of hydrogen-bond donors (Lipinski definition) is 0. The molecule has 1 aromatic carbocycles. The molecular formula is C17H18N2O3. The second-order valence-corrected chi connectivity index (χ2v) is 5.67. The van der Waals surface area contributed by atoms with Crippen molar-refractivity contribution in [1.29, 1.82) is 0 Å². The number of esters is 1. The van der Waals surface area contributed by atoms with Gasteiger partial charge < -0.3 is 9.47 Å². The Morgan fingerprint density at radius 3 is 2.77 bits per heavy atom. The second-order valence-electron chi connectivity index (χ2n) is 5.67. The molecule has 0 fully saturated rings. The van der Waals surface area contributed by atoms with Crippen molar-refractivity contribution in [3.8, 4) is 17.4 Å². The fourth-order valence-electron chi connectivity index (χ4n) is 2.55. The van der Waals surface area contributed by atoms with Crippen molar-refractivity contribution in [3.05, 3.63) is 40.8 Å². The van der Waals surface area contributed by atoms with E-state index in [1.165, 1.54) is 0 Å². The fourth-order valence-corrected chi connectivity index (χ4v) is 2.55. The third-order valence-corrected chi connectivity index (χ3v) is 3.88. The van der Waals surface area contributed by atoms with E-state index in [9.17, 15) is 4.79 Å². The zero-order valence-corrected chi connectivity index (χ0v) is 13.1. The first-order valence-corrected chi connectivity index (χ1v) is 7.28. The molecule has 1 unspecified atom stereocenters. The highest BCUT2D eigenvalue weighted by Crippen LogP contribution is 2.37. The van der Waals surface area contributed by atoms with Crippen LogP contribution in [0.5, 0.6) is 17.4 Å². The van der Waals surface area contributed by atoms with Crippen molar-refractivity contribution >= 4 is 5.97 Å². The van der Waals surface area contributed by atoms with Gasteiger partial charge in [0.05, 0.1) is 6.42 Å². The molecule has 114 valence electrons. The van der Waals surface area contributed by atoms with Gasteiger partial charge in [0.2, 0.25) is 5.88 Å².